The maximum Gasteiger partial charge on any atom is 0.162 e. The van der Waals surface area contributed by atoms with E-state index in [0.717, 1.165) is 12.8 Å². The highest BCUT2D eigenvalue weighted by molar-refractivity contribution is 4.72. The molecule has 1 aliphatic heterocycles. The predicted octanol–water partition coefficient (Wildman–Crippen LogP) is 1.50. The lowest BCUT2D eigenvalue weighted by Crippen LogP contribution is -2.44. The van der Waals surface area contributed by atoms with Crippen LogP contribution in [0.5, 0.6) is 0 Å². The second-order valence-electron chi connectivity index (χ2n) is 3.31. The van der Waals surface area contributed by atoms with Gasteiger partial charge in [0, 0.05) is 5.92 Å². The quantitative estimate of drug-likeness (QED) is 0.689. The second kappa shape index (κ2) is 4.21. The Balaban J connectivity index is 2.52. The van der Waals surface area contributed by atoms with Gasteiger partial charge in [0.1, 0.15) is 0 Å². The fourth-order valence-corrected chi connectivity index (χ4v) is 1.47. The molecule has 0 spiro atoms. The Morgan fingerprint density at radius 1 is 1.17 bits per heavy atom. The highest BCUT2D eigenvalue weighted by Crippen LogP contribution is 2.26. The lowest BCUT2D eigenvalue weighted by molar-refractivity contribution is -0.318. The largest absolute Gasteiger partial charge is 0.368 e. The fourth-order valence-electron chi connectivity index (χ4n) is 1.47. The first-order valence-electron chi connectivity index (χ1n) is 4.68. The molecule has 0 aliphatic carbocycles. The van der Waals surface area contributed by atoms with Crippen molar-refractivity contribution < 1.29 is 14.6 Å². The lowest BCUT2D eigenvalue weighted by atomic mass is 10.0. The molecule has 4 atom stereocenters. The van der Waals surface area contributed by atoms with E-state index in [0.29, 0.717) is 0 Å². The van der Waals surface area contributed by atoms with E-state index in [1.165, 1.54) is 0 Å². The Labute approximate surface area is 73.7 Å². The number of hydrogen-bond donors (Lipinski definition) is 1. The summed E-state index contributed by atoms with van der Waals surface area (Å²) in [6, 6.07) is 0. The number of ether oxygens (including phenoxy) is 2. The van der Waals surface area contributed by atoms with E-state index >= 15 is 0 Å². The molecule has 0 amide bonds. The van der Waals surface area contributed by atoms with Gasteiger partial charge in [0.2, 0.25) is 0 Å². The van der Waals surface area contributed by atoms with E-state index in [9.17, 15) is 5.11 Å². The van der Waals surface area contributed by atoms with Crippen molar-refractivity contribution in [2.75, 3.05) is 0 Å². The molecule has 3 heteroatoms. The third-order valence-corrected chi connectivity index (χ3v) is 2.39. The topological polar surface area (TPSA) is 38.7 Å². The van der Waals surface area contributed by atoms with Gasteiger partial charge in [-0.3, -0.25) is 0 Å². The molecular formula is C9H18O3. The van der Waals surface area contributed by atoms with Crippen LogP contribution in [0, 0.1) is 5.92 Å². The predicted molar refractivity (Wildman–Crippen MR) is 45.5 cm³/mol. The minimum absolute atomic E-state index is 0.0813. The van der Waals surface area contributed by atoms with Crippen LogP contribution in [0.4, 0.5) is 0 Å². The van der Waals surface area contributed by atoms with Gasteiger partial charge in [0.15, 0.2) is 12.6 Å². The maximum absolute atomic E-state index is 9.48. The summed E-state index contributed by atoms with van der Waals surface area (Å²) in [5, 5.41) is 9.48. The molecule has 1 aliphatic rings. The average Bonchev–Trinajstić information content (AvgIpc) is 2.09. The van der Waals surface area contributed by atoms with Crippen molar-refractivity contribution in [2.24, 2.45) is 5.92 Å². The minimum Gasteiger partial charge on any atom is -0.368 e. The van der Waals surface area contributed by atoms with Gasteiger partial charge in [0.25, 0.3) is 0 Å². The van der Waals surface area contributed by atoms with Gasteiger partial charge in [-0.1, -0.05) is 20.8 Å². The Kier molecular flexibility index (Phi) is 3.50. The van der Waals surface area contributed by atoms with Crippen molar-refractivity contribution in [3.63, 3.8) is 0 Å². The zero-order valence-electron chi connectivity index (χ0n) is 7.99. The second-order valence-corrected chi connectivity index (χ2v) is 3.31. The highest BCUT2D eigenvalue weighted by atomic mass is 16.7. The molecule has 0 aromatic heterocycles. The van der Waals surface area contributed by atoms with Crippen LogP contribution >= 0.6 is 0 Å². The zero-order chi connectivity index (χ0) is 9.14. The van der Waals surface area contributed by atoms with Gasteiger partial charge < -0.3 is 14.6 Å². The Bertz CT molecular complexity index is 138. The molecule has 0 bridgehead atoms. The summed E-state index contributed by atoms with van der Waals surface area (Å²) in [5.74, 6) is 0.0813. The fraction of sp³-hybridized carbons (Fsp3) is 1.00. The average molecular weight is 174 g/mol. The van der Waals surface area contributed by atoms with Crippen molar-refractivity contribution in [1.82, 2.24) is 0 Å². The summed E-state index contributed by atoms with van der Waals surface area (Å²) < 4.78 is 10.8. The van der Waals surface area contributed by atoms with Crippen molar-refractivity contribution in [3.05, 3.63) is 0 Å². The van der Waals surface area contributed by atoms with E-state index in [4.69, 9.17) is 9.47 Å². The highest BCUT2D eigenvalue weighted by Gasteiger charge is 2.33. The third kappa shape index (κ3) is 1.97. The first kappa shape index (κ1) is 9.96. The number of rotatable bonds is 2. The van der Waals surface area contributed by atoms with Gasteiger partial charge in [-0.2, -0.15) is 0 Å². The molecule has 0 aromatic carbocycles. The van der Waals surface area contributed by atoms with Crippen LogP contribution in [0.1, 0.15) is 33.6 Å². The third-order valence-electron chi connectivity index (χ3n) is 2.39. The lowest BCUT2D eigenvalue weighted by Gasteiger charge is -2.37. The molecule has 0 radical (unpaired) electrons. The van der Waals surface area contributed by atoms with E-state index < -0.39 is 6.29 Å². The minimum atomic E-state index is -0.659. The van der Waals surface area contributed by atoms with E-state index in [2.05, 4.69) is 6.92 Å². The van der Waals surface area contributed by atoms with Crippen LogP contribution in [0.2, 0.25) is 0 Å². The summed E-state index contributed by atoms with van der Waals surface area (Å²) >= 11 is 0. The number of aliphatic hydroxyl groups is 1. The molecular weight excluding hydrogens is 156 g/mol. The smallest absolute Gasteiger partial charge is 0.162 e. The number of hydrogen-bond acceptors (Lipinski definition) is 3. The molecule has 1 N–H and O–H groups in total. The monoisotopic (exact) mass is 174 g/mol. The van der Waals surface area contributed by atoms with Crippen molar-refractivity contribution >= 4 is 0 Å². The first-order chi connectivity index (χ1) is 5.69. The molecule has 1 saturated heterocycles. The Hall–Kier alpha value is -0.120. The molecule has 0 aromatic rings. The van der Waals surface area contributed by atoms with Crippen LogP contribution in [0.15, 0.2) is 0 Å². The van der Waals surface area contributed by atoms with Crippen molar-refractivity contribution in [2.45, 2.75) is 52.3 Å². The van der Waals surface area contributed by atoms with Gasteiger partial charge >= 0.3 is 0 Å². The van der Waals surface area contributed by atoms with Gasteiger partial charge in [-0.05, 0) is 12.8 Å². The summed E-state index contributed by atoms with van der Waals surface area (Å²) in [4.78, 5) is 0. The molecule has 3 nitrogen and oxygen atoms in total. The van der Waals surface area contributed by atoms with Gasteiger partial charge in [-0.25, -0.2) is 0 Å². The number of aliphatic hydroxyl groups excluding tert-OH is 1. The molecule has 1 heterocycles. The normalized spacial score (nSPS) is 43.0. The van der Waals surface area contributed by atoms with Crippen LogP contribution in [-0.4, -0.2) is 23.8 Å². The summed E-state index contributed by atoms with van der Waals surface area (Å²) in [6.45, 7) is 6.00. The molecule has 1 fully saturated rings. The van der Waals surface area contributed by atoms with Crippen molar-refractivity contribution in [3.8, 4) is 0 Å². The van der Waals surface area contributed by atoms with Gasteiger partial charge in [-0.15, -0.1) is 0 Å². The summed E-state index contributed by atoms with van der Waals surface area (Å²) in [7, 11) is 0. The Morgan fingerprint density at radius 3 is 2.33 bits per heavy atom. The van der Waals surface area contributed by atoms with Crippen molar-refractivity contribution in [1.29, 1.82) is 0 Å². The SMILES string of the molecule is CCC1OC(O)C(C)C(CC)O1. The molecule has 12 heavy (non-hydrogen) atoms. The standard InChI is InChI=1S/C9H18O3/c1-4-7-6(3)9(10)12-8(5-2)11-7/h6-10H,4-5H2,1-3H3. The van der Waals surface area contributed by atoms with Gasteiger partial charge in [0.05, 0.1) is 6.10 Å². The zero-order valence-corrected chi connectivity index (χ0v) is 7.99. The molecule has 72 valence electrons. The summed E-state index contributed by atoms with van der Waals surface area (Å²) in [6.07, 6.45) is 0.978. The van der Waals surface area contributed by atoms with Crippen LogP contribution in [0.3, 0.4) is 0 Å². The summed E-state index contributed by atoms with van der Waals surface area (Å²) in [5.41, 5.74) is 0. The molecule has 4 unspecified atom stereocenters. The maximum atomic E-state index is 9.48. The molecule has 1 rings (SSSR count). The first-order valence-corrected chi connectivity index (χ1v) is 4.68. The van der Waals surface area contributed by atoms with E-state index in [1.54, 1.807) is 0 Å². The Morgan fingerprint density at radius 2 is 1.83 bits per heavy atom. The van der Waals surface area contributed by atoms with E-state index in [1.807, 2.05) is 13.8 Å². The van der Waals surface area contributed by atoms with Crippen LogP contribution in [0.25, 0.3) is 0 Å². The van der Waals surface area contributed by atoms with Crippen LogP contribution in [-0.2, 0) is 9.47 Å². The van der Waals surface area contributed by atoms with Crippen LogP contribution < -0.4 is 0 Å². The van der Waals surface area contributed by atoms with E-state index in [-0.39, 0.29) is 18.3 Å². The molecule has 0 saturated carbocycles.